The van der Waals surface area contributed by atoms with E-state index in [1.54, 1.807) is 18.7 Å². The van der Waals surface area contributed by atoms with Gasteiger partial charge in [-0.2, -0.15) is 0 Å². The van der Waals surface area contributed by atoms with Crippen LogP contribution in [0, 0.1) is 20.8 Å². The lowest BCUT2D eigenvalue weighted by atomic mass is 10.1. The van der Waals surface area contributed by atoms with Crippen LogP contribution < -0.4 is 10.1 Å². The zero-order chi connectivity index (χ0) is 20.8. The van der Waals surface area contributed by atoms with Crippen molar-refractivity contribution in [1.82, 2.24) is 0 Å². The number of hydrogen-bond donors (Lipinski definition) is 1. The van der Waals surface area contributed by atoms with Gasteiger partial charge in [0, 0.05) is 16.3 Å². The van der Waals surface area contributed by atoms with Gasteiger partial charge in [-0.25, -0.2) is 0 Å². The highest BCUT2D eigenvalue weighted by molar-refractivity contribution is 7.98. The molecule has 0 aromatic heterocycles. The normalized spacial score (nSPS) is 11.7. The number of nitrogens with one attached hydrogen (secondary N) is 1. The maximum absolute atomic E-state index is 12.6. The van der Waals surface area contributed by atoms with Gasteiger partial charge in [0.1, 0.15) is 5.75 Å². The van der Waals surface area contributed by atoms with Crippen molar-refractivity contribution >= 4 is 23.4 Å². The fraction of sp³-hybridized carbons (Fsp3) is 0.240. The molecule has 0 saturated carbocycles. The second-order valence-electron chi connectivity index (χ2n) is 7.25. The Bertz CT molecular complexity index is 968. The Morgan fingerprint density at radius 2 is 1.69 bits per heavy atom. The average Bonchev–Trinajstić information content (AvgIpc) is 2.72. The highest BCUT2D eigenvalue weighted by Crippen LogP contribution is 2.25. The van der Waals surface area contributed by atoms with Crippen molar-refractivity contribution in [3.8, 4) is 5.75 Å². The molecule has 0 aliphatic heterocycles. The minimum atomic E-state index is -0.580. The van der Waals surface area contributed by atoms with Gasteiger partial charge in [-0.05, 0) is 80.3 Å². The van der Waals surface area contributed by atoms with Gasteiger partial charge in [-0.3, -0.25) is 4.79 Å². The SMILES string of the molecule is Cc1cc(C)c(C)c(OC(C)C(=O)Nc2ccc(CSc3ccccc3)cc2)c1. The molecule has 150 valence electrons. The minimum absolute atomic E-state index is 0.157. The largest absolute Gasteiger partial charge is 0.481 e. The fourth-order valence-electron chi connectivity index (χ4n) is 2.98. The number of hydrogen-bond acceptors (Lipinski definition) is 3. The van der Waals surface area contributed by atoms with Crippen molar-refractivity contribution in [2.75, 3.05) is 5.32 Å². The number of thioether (sulfide) groups is 1. The fourth-order valence-corrected chi connectivity index (χ4v) is 3.85. The molecule has 0 fully saturated rings. The standard InChI is InChI=1S/C25H27NO2S/c1-17-14-18(2)19(3)24(15-17)28-20(4)25(27)26-22-12-10-21(11-13-22)16-29-23-8-6-5-7-9-23/h5-15,20H,16H2,1-4H3,(H,26,27). The van der Waals surface area contributed by atoms with E-state index in [0.717, 1.165) is 33.9 Å². The summed E-state index contributed by atoms with van der Waals surface area (Å²) in [4.78, 5) is 13.8. The first kappa shape index (κ1) is 21.0. The van der Waals surface area contributed by atoms with Gasteiger partial charge in [-0.15, -0.1) is 11.8 Å². The molecule has 1 atom stereocenters. The van der Waals surface area contributed by atoms with Gasteiger partial charge in [0.25, 0.3) is 5.91 Å². The highest BCUT2D eigenvalue weighted by atomic mass is 32.2. The molecule has 3 nitrogen and oxygen atoms in total. The summed E-state index contributed by atoms with van der Waals surface area (Å²) in [5.41, 5.74) is 5.34. The zero-order valence-electron chi connectivity index (χ0n) is 17.4. The quantitative estimate of drug-likeness (QED) is 0.468. The summed E-state index contributed by atoms with van der Waals surface area (Å²) in [6.45, 7) is 7.87. The van der Waals surface area contributed by atoms with Gasteiger partial charge in [-0.1, -0.05) is 36.4 Å². The Hall–Kier alpha value is -2.72. The molecule has 4 heteroatoms. The number of aryl methyl sites for hydroxylation is 2. The van der Waals surface area contributed by atoms with E-state index in [4.69, 9.17) is 4.74 Å². The van der Waals surface area contributed by atoms with Crippen LogP contribution in [0.15, 0.2) is 71.6 Å². The van der Waals surface area contributed by atoms with Crippen molar-refractivity contribution in [2.45, 2.75) is 44.4 Å². The van der Waals surface area contributed by atoms with Crippen LogP contribution in [0.5, 0.6) is 5.75 Å². The van der Waals surface area contributed by atoms with Gasteiger partial charge in [0.05, 0.1) is 0 Å². The lowest BCUT2D eigenvalue weighted by Gasteiger charge is -2.18. The minimum Gasteiger partial charge on any atom is -0.481 e. The Kier molecular flexibility index (Phi) is 6.99. The number of rotatable bonds is 7. The van der Waals surface area contributed by atoms with Crippen LogP contribution in [-0.4, -0.2) is 12.0 Å². The van der Waals surface area contributed by atoms with Crippen LogP contribution in [0.1, 0.15) is 29.2 Å². The molecule has 0 saturated heterocycles. The second-order valence-corrected chi connectivity index (χ2v) is 8.30. The number of benzene rings is 3. The van der Waals surface area contributed by atoms with Gasteiger partial charge in [0.15, 0.2) is 6.10 Å². The van der Waals surface area contributed by atoms with Crippen LogP contribution in [0.2, 0.25) is 0 Å². The van der Waals surface area contributed by atoms with Crippen molar-refractivity contribution in [2.24, 2.45) is 0 Å². The first-order valence-electron chi connectivity index (χ1n) is 9.74. The summed E-state index contributed by atoms with van der Waals surface area (Å²) >= 11 is 1.80. The zero-order valence-corrected chi connectivity index (χ0v) is 18.2. The smallest absolute Gasteiger partial charge is 0.265 e. The van der Waals surface area contributed by atoms with Crippen LogP contribution in [0.3, 0.4) is 0 Å². The molecule has 0 bridgehead atoms. The summed E-state index contributed by atoms with van der Waals surface area (Å²) in [5.74, 6) is 1.50. The molecule has 3 aromatic carbocycles. The topological polar surface area (TPSA) is 38.3 Å². The first-order valence-corrected chi connectivity index (χ1v) is 10.7. The molecule has 0 heterocycles. The van der Waals surface area contributed by atoms with Crippen molar-refractivity contribution < 1.29 is 9.53 Å². The van der Waals surface area contributed by atoms with E-state index in [1.807, 2.05) is 62.4 Å². The van der Waals surface area contributed by atoms with E-state index in [1.165, 1.54) is 10.5 Å². The van der Waals surface area contributed by atoms with E-state index >= 15 is 0 Å². The average molecular weight is 406 g/mol. The molecular formula is C25H27NO2S. The molecule has 29 heavy (non-hydrogen) atoms. The number of carbonyl (C=O) groups is 1. The van der Waals surface area contributed by atoms with E-state index in [9.17, 15) is 4.79 Å². The molecular weight excluding hydrogens is 378 g/mol. The molecule has 1 N–H and O–H groups in total. The molecule has 3 rings (SSSR count). The number of amides is 1. The first-order chi connectivity index (χ1) is 13.9. The molecule has 1 amide bonds. The summed E-state index contributed by atoms with van der Waals surface area (Å²) in [7, 11) is 0. The second kappa shape index (κ2) is 9.66. The van der Waals surface area contributed by atoms with E-state index in [2.05, 4.69) is 30.4 Å². The number of anilines is 1. The summed E-state index contributed by atoms with van der Waals surface area (Å²) in [6, 6.07) is 22.4. The van der Waals surface area contributed by atoms with E-state index in [0.29, 0.717) is 0 Å². The monoisotopic (exact) mass is 405 g/mol. The van der Waals surface area contributed by atoms with Gasteiger partial charge >= 0.3 is 0 Å². The molecule has 0 aliphatic carbocycles. The third-order valence-electron chi connectivity index (χ3n) is 4.81. The molecule has 1 unspecified atom stereocenters. The maximum atomic E-state index is 12.6. The summed E-state index contributed by atoms with van der Waals surface area (Å²) in [5, 5.41) is 2.94. The van der Waals surface area contributed by atoms with Gasteiger partial charge < -0.3 is 10.1 Å². The Balaban J connectivity index is 1.56. The third-order valence-corrected chi connectivity index (χ3v) is 5.89. The number of carbonyl (C=O) groups excluding carboxylic acids is 1. The predicted molar refractivity (Wildman–Crippen MR) is 122 cm³/mol. The molecule has 3 aromatic rings. The lowest BCUT2D eigenvalue weighted by molar-refractivity contribution is -0.122. The van der Waals surface area contributed by atoms with Crippen LogP contribution in [0.25, 0.3) is 0 Å². The van der Waals surface area contributed by atoms with Crippen molar-refractivity contribution in [3.63, 3.8) is 0 Å². The summed E-state index contributed by atoms with van der Waals surface area (Å²) < 4.78 is 5.94. The maximum Gasteiger partial charge on any atom is 0.265 e. The highest BCUT2D eigenvalue weighted by Gasteiger charge is 2.16. The number of ether oxygens (including phenoxy) is 1. The van der Waals surface area contributed by atoms with Crippen LogP contribution >= 0.6 is 11.8 Å². The lowest BCUT2D eigenvalue weighted by Crippen LogP contribution is -2.30. The Morgan fingerprint density at radius 3 is 2.38 bits per heavy atom. The van der Waals surface area contributed by atoms with Crippen molar-refractivity contribution in [1.29, 1.82) is 0 Å². The molecule has 0 aliphatic rings. The summed E-state index contributed by atoms with van der Waals surface area (Å²) in [6.07, 6.45) is -0.580. The molecule has 0 spiro atoms. The van der Waals surface area contributed by atoms with Gasteiger partial charge in [0.2, 0.25) is 0 Å². The Labute approximate surface area is 177 Å². The molecule has 0 radical (unpaired) electrons. The van der Waals surface area contributed by atoms with Crippen LogP contribution in [0.4, 0.5) is 5.69 Å². The van der Waals surface area contributed by atoms with E-state index < -0.39 is 6.10 Å². The Morgan fingerprint density at radius 1 is 1.00 bits per heavy atom. The predicted octanol–water partition coefficient (Wildman–Crippen LogP) is 6.31. The van der Waals surface area contributed by atoms with E-state index in [-0.39, 0.29) is 5.91 Å². The van der Waals surface area contributed by atoms with Crippen molar-refractivity contribution in [3.05, 3.63) is 89.0 Å². The van der Waals surface area contributed by atoms with Crippen LogP contribution in [-0.2, 0) is 10.5 Å². The third kappa shape index (κ3) is 5.88.